The lowest BCUT2D eigenvalue weighted by atomic mass is 9.85. The van der Waals surface area contributed by atoms with Crippen LogP contribution in [-0.4, -0.2) is 38.3 Å². The Bertz CT molecular complexity index is 467. The lowest BCUT2D eigenvalue weighted by molar-refractivity contribution is -0.274. The zero-order chi connectivity index (χ0) is 15.5. The molecule has 0 radical (unpaired) electrons. The number of hydrogen-bond acceptors (Lipinski definition) is 4. The summed E-state index contributed by atoms with van der Waals surface area (Å²) in [5.41, 5.74) is 0.554. The first-order valence-electron chi connectivity index (χ1n) is 6.69. The van der Waals surface area contributed by atoms with Gasteiger partial charge in [-0.2, -0.15) is 0 Å². The van der Waals surface area contributed by atoms with E-state index in [1.807, 2.05) is 6.92 Å². The van der Waals surface area contributed by atoms with Crippen molar-refractivity contribution >= 4 is 5.69 Å². The van der Waals surface area contributed by atoms with Gasteiger partial charge in [-0.25, -0.2) is 0 Å². The Balaban J connectivity index is 1.96. The van der Waals surface area contributed by atoms with E-state index in [9.17, 15) is 13.2 Å². The van der Waals surface area contributed by atoms with Crippen LogP contribution in [0.4, 0.5) is 18.9 Å². The Hall–Kier alpha value is -1.47. The molecular formula is C14H18F3NO3. The molecule has 1 aliphatic rings. The molecule has 0 bridgehead atoms. The fraction of sp³-hybridized carbons (Fsp3) is 0.571. The summed E-state index contributed by atoms with van der Waals surface area (Å²) < 4.78 is 51.3. The molecular weight excluding hydrogens is 287 g/mol. The number of nitrogens with one attached hydrogen (secondary N) is 1. The molecule has 1 aromatic rings. The van der Waals surface area contributed by atoms with Crippen molar-refractivity contribution in [2.75, 3.05) is 19.0 Å². The molecule has 4 nitrogen and oxygen atoms in total. The first-order chi connectivity index (χ1) is 9.93. The van der Waals surface area contributed by atoms with Gasteiger partial charge in [-0.15, -0.1) is 13.2 Å². The minimum Gasteiger partial charge on any atom is -0.406 e. The molecule has 21 heavy (non-hydrogen) atoms. The fourth-order valence-electron chi connectivity index (χ4n) is 2.41. The largest absolute Gasteiger partial charge is 0.573 e. The van der Waals surface area contributed by atoms with E-state index in [2.05, 4.69) is 10.1 Å². The van der Waals surface area contributed by atoms with Gasteiger partial charge in [-0.3, -0.25) is 0 Å². The van der Waals surface area contributed by atoms with Crippen molar-refractivity contribution in [3.8, 4) is 5.75 Å². The summed E-state index contributed by atoms with van der Waals surface area (Å²) in [5, 5.41) is 3.14. The van der Waals surface area contributed by atoms with E-state index in [1.54, 1.807) is 13.2 Å². The molecule has 2 rings (SSSR count). The molecule has 1 N–H and O–H groups in total. The Morgan fingerprint density at radius 3 is 2.71 bits per heavy atom. The number of halogens is 3. The van der Waals surface area contributed by atoms with Crippen LogP contribution in [0.15, 0.2) is 24.3 Å². The molecule has 3 unspecified atom stereocenters. The second-order valence-electron chi connectivity index (χ2n) is 4.76. The first-order valence-corrected chi connectivity index (χ1v) is 6.69. The van der Waals surface area contributed by atoms with Crippen molar-refractivity contribution in [1.82, 2.24) is 0 Å². The second-order valence-corrected chi connectivity index (χ2v) is 4.76. The number of hydrogen-bond donors (Lipinski definition) is 1. The van der Waals surface area contributed by atoms with Gasteiger partial charge in [0.15, 0.2) is 0 Å². The van der Waals surface area contributed by atoms with Crippen LogP contribution in [0.25, 0.3) is 0 Å². The van der Waals surface area contributed by atoms with E-state index >= 15 is 0 Å². The van der Waals surface area contributed by atoms with Crippen molar-refractivity contribution in [3.05, 3.63) is 24.3 Å². The van der Waals surface area contributed by atoms with Gasteiger partial charge >= 0.3 is 6.36 Å². The van der Waals surface area contributed by atoms with Crippen molar-refractivity contribution < 1.29 is 27.4 Å². The van der Waals surface area contributed by atoms with Gasteiger partial charge in [0.05, 0.1) is 12.1 Å². The van der Waals surface area contributed by atoms with E-state index in [4.69, 9.17) is 9.47 Å². The number of anilines is 1. The van der Waals surface area contributed by atoms with Crippen LogP contribution in [0.5, 0.6) is 5.75 Å². The van der Waals surface area contributed by atoms with Crippen LogP contribution in [0.3, 0.4) is 0 Å². The summed E-state index contributed by atoms with van der Waals surface area (Å²) in [7, 11) is 1.59. The first kappa shape index (κ1) is 15.9. The van der Waals surface area contributed by atoms with Gasteiger partial charge in [0.1, 0.15) is 11.9 Å². The Morgan fingerprint density at radius 1 is 1.33 bits per heavy atom. The van der Waals surface area contributed by atoms with Crippen LogP contribution in [0.1, 0.15) is 13.3 Å². The predicted molar refractivity (Wildman–Crippen MR) is 71.4 cm³/mol. The van der Waals surface area contributed by atoms with E-state index < -0.39 is 6.36 Å². The third kappa shape index (κ3) is 4.25. The highest BCUT2D eigenvalue weighted by atomic mass is 19.4. The Morgan fingerprint density at radius 2 is 2.10 bits per heavy atom. The highest BCUT2D eigenvalue weighted by Crippen LogP contribution is 2.31. The summed E-state index contributed by atoms with van der Waals surface area (Å²) in [5.74, 6) is -0.248. The standard InChI is InChI=1S/C14H18F3NO3/c1-3-20-12-8-11(13(12)19-2)18-9-5-4-6-10(7-9)21-14(15,16)17/h4-7,11-13,18H,3,8H2,1-2H3. The third-order valence-corrected chi connectivity index (χ3v) is 3.32. The minimum atomic E-state index is -4.69. The van der Waals surface area contributed by atoms with Crippen LogP contribution in [0.2, 0.25) is 0 Å². The minimum absolute atomic E-state index is 0.00712. The molecule has 0 aromatic heterocycles. The number of alkyl halides is 3. The maximum absolute atomic E-state index is 12.2. The number of benzene rings is 1. The Labute approximate surface area is 121 Å². The van der Waals surface area contributed by atoms with Crippen LogP contribution in [-0.2, 0) is 9.47 Å². The maximum atomic E-state index is 12.2. The van der Waals surface area contributed by atoms with Crippen molar-refractivity contribution in [2.24, 2.45) is 0 Å². The van der Waals surface area contributed by atoms with E-state index in [1.165, 1.54) is 18.2 Å². The molecule has 3 atom stereocenters. The fourth-order valence-corrected chi connectivity index (χ4v) is 2.41. The quantitative estimate of drug-likeness (QED) is 0.876. The molecule has 1 aromatic carbocycles. The molecule has 1 saturated carbocycles. The maximum Gasteiger partial charge on any atom is 0.573 e. The van der Waals surface area contributed by atoms with Gasteiger partial charge in [-0.1, -0.05) is 6.07 Å². The smallest absolute Gasteiger partial charge is 0.406 e. The lowest BCUT2D eigenvalue weighted by Gasteiger charge is -2.43. The van der Waals surface area contributed by atoms with Crippen LogP contribution >= 0.6 is 0 Å². The van der Waals surface area contributed by atoms with Crippen molar-refractivity contribution in [1.29, 1.82) is 0 Å². The monoisotopic (exact) mass is 305 g/mol. The lowest BCUT2D eigenvalue weighted by Crippen LogP contribution is -2.56. The molecule has 118 valence electrons. The summed E-state index contributed by atoms with van der Waals surface area (Å²) >= 11 is 0. The molecule has 0 heterocycles. The summed E-state index contributed by atoms with van der Waals surface area (Å²) in [6, 6.07) is 5.77. The average Bonchev–Trinajstić information content (AvgIpc) is 2.36. The molecule has 7 heteroatoms. The molecule has 0 amide bonds. The molecule has 0 saturated heterocycles. The van der Waals surface area contributed by atoms with Crippen molar-refractivity contribution in [2.45, 2.75) is 38.0 Å². The molecule has 0 aliphatic heterocycles. The number of methoxy groups -OCH3 is 1. The van der Waals surface area contributed by atoms with E-state index in [0.717, 1.165) is 6.42 Å². The van der Waals surface area contributed by atoms with E-state index in [0.29, 0.717) is 12.3 Å². The molecule has 1 aliphatic carbocycles. The molecule has 0 spiro atoms. The van der Waals surface area contributed by atoms with Gasteiger partial charge in [0.25, 0.3) is 0 Å². The summed E-state index contributed by atoms with van der Waals surface area (Å²) in [6.45, 7) is 2.51. The SMILES string of the molecule is CCOC1CC(Nc2cccc(OC(F)(F)F)c2)C1OC. The van der Waals surface area contributed by atoms with Crippen molar-refractivity contribution in [3.63, 3.8) is 0 Å². The van der Waals surface area contributed by atoms with E-state index in [-0.39, 0.29) is 24.0 Å². The highest BCUT2D eigenvalue weighted by molar-refractivity contribution is 5.49. The summed E-state index contributed by atoms with van der Waals surface area (Å²) in [6.07, 6.45) is -4.04. The van der Waals surface area contributed by atoms with Gasteiger partial charge in [0, 0.05) is 25.5 Å². The van der Waals surface area contributed by atoms with Crippen LogP contribution in [0, 0.1) is 0 Å². The topological polar surface area (TPSA) is 39.7 Å². The Kier molecular flexibility index (Phi) is 4.95. The normalized spacial score (nSPS) is 25.3. The zero-order valence-electron chi connectivity index (χ0n) is 11.8. The average molecular weight is 305 g/mol. The predicted octanol–water partition coefficient (Wildman–Crippen LogP) is 3.19. The zero-order valence-corrected chi connectivity index (χ0v) is 11.8. The third-order valence-electron chi connectivity index (χ3n) is 3.32. The van der Waals surface area contributed by atoms with Gasteiger partial charge in [-0.05, 0) is 25.5 Å². The highest BCUT2D eigenvalue weighted by Gasteiger charge is 2.42. The number of ether oxygens (including phenoxy) is 3. The van der Waals surface area contributed by atoms with Gasteiger partial charge < -0.3 is 19.5 Å². The second kappa shape index (κ2) is 6.53. The van der Waals surface area contributed by atoms with Gasteiger partial charge in [0.2, 0.25) is 0 Å². The van der Waals surface area contributed by atoms with Crippen LogP contribution < -0.4 is 10.1 Å². The summed E-state index contributed by atoms with van der Waals surface area (Å²) in [4.78, 5) is 0. The molecule has 1 fully saturated rings. The number of rotatable bonds is 6.